The minimum atomic E-state index is -3.19. The first-order valence-electron chi connectivity index (χ1n) is 14.1. The van der Waals surface area contributed by atoms with Crippen LogP contribution in [-0.4, -0.2) is 40.6 Å². The van der Waals surface area contributed by atoms with Gasteiger partial charge in [-0.25, -0.2) is 8.42 Å². The fourth-order valence-electron chi connectivity index (χ4n) is 5.22. The van der Waals surface area contributed by atoms with Gasteiger partial charge in [-0.1, -0.05) is 78.9 Å². The van der Waals surface area contributed by atoms with Gasteiger partial charge in [0.15, 0.2) is 21.4 Å². The summed E-state index contributed by atoms with van der Waals surface area (Å²) in [5, 5.41) is 14.4. The van der Waals surface area contributed by atoms with Crippen LogP contribution < -0.4 is 5.32 Å². The fraction of sp³-hybridized carbons (Fsp3) is 0.114. The lowest BCUT2D eigenvalue weighted by atomic mass is 9.96. The third-order valence-corrected chi connectivity index (χ3v) is 8.03. The highest BCUT2D eigenvalue weighted by Crippen LogP contribution is 2.37. The number of anilines is 1. The lowest BCUT2D eigenvalue weighted by Crippen LogP contribution is -2.07. The number of ketones is 1. The van der Waals surface area contributed by atoms with E-state index in [1.54, 1.807) is 42.9 Å². The molecule has 0 unspecified atom stereocenters. The van der Waals surface area contributed by atoms with Crippen molar-refractivity contribution >= 4 is 32.2 Å². The zero-order chi connectivity index (χ0) is 30.5. The highest BCUT2D eigenvalue weighted by atomic mass is 32.2. The Morgan fingerprint density at radius 2 is 1.59 bits per heavy atom. The predicted octanol–water partition coefficient (Wildman–Crippen LogP) is 6.34. The summed E-state index contributed by atoms with van der Waals surface area (Å²) in [6.07, 6.45) is 6.29. The van der Waals surface area contributed by atoms with Crippen LogP contribution in [0.25, 0.3) is 33.2 Å². The SMILES string of the molecule is CS(=O)(=O)Cc1cccc(CC(=O)c2cncc(-c3nnc(NCc4ccccn4)c4c(-c5ccccc5)cccc34)c2)c1. The maximum absolute atomic E-state index is 13.4. The largest absolute Gasteiger partial charge is 0.362 e. The van der Waals surface area contributed by atoms with Crippen LogP contribution in [0.2, 0.25) is 0 Å². The van der Waals surface area contributed by atoms with Crippen molar-refractivity contribution < 1.29 is 13.2 Å². The number of sulfone groups is 1. The van der Waals surface area contributed by atoms with Gasteiger partial charge >= 0.3 is 0 Å². The summed E-state index contributed by atoms with van der Waals surface area (Å²) in [7, 11) is -3.19. The Morgan fingerprint density at radius 3 is 2.39 bits per heavy atom. The van der Waals surface area contributed by atoms with E-state index in [9.17, 15) is 13.2 Å². The van der Waals surface area contributed by atoms with Crippen molar-refractivity contribution in [1.29, 1.82) is 0 Å². The van der Waals surface area contributed by atoms with E-state index >= 15 is 0 Å². The molecule has 0 aliphatic carbocycles. The Labute approximate surface area is 255 Å². The first-order chi connectivity index (χ1) is 21.3. The van der Waals surface area contributed by atoms with E-state index in [-0.39, 0.29) is 18.0 Å². The van der Waals surface area contributed by atoms with E-state index in [4.69, 9.17) is 0 Å². The van der Waals surface area contributed by atoms with E-state index in [0.717, 1.165) is 33.2 Å². The lowest BCUT2D eigenvalue weighted by Gasteiger charge is -2.15. The molecule has 0 atom stereocenters. The van der Waals surface area contributed by atoms with Gasteiger partial charge < -0.3 is 5.32 Å². The number of pyridine rings is 2. The molecule has 6 aromatic rings. The smallest absolute Gasteiger partial charge is 0.168 e. The van der Waals surface area contributed by atoms with Gasteiger partial charge in [0, 0.05) is 53.2 Å². The molecule has 8 nitrogen and oxygen atoms in total. The molecule has 0 saturated heterocycles. The molecule has 9 heteroatoms. The van der Waals surface area contributed by atoms with Crippen LogP contribution in [0.3, 0.4) is 0 Å². The molecule has 0 aliphatic heterocycles. The van der Waals surface area contributed by atoms with Gasteiger partial charge in [0.2, 0.25) is 0 Å². The molecular weight excluding hydrogens is 570 g/mol. The normalized spacial score (nSPS) is 11.4. The van der Waals surface area contributed by atoms with Crippen LogP contribution in [0.4, 0.5) is 5.82 Å². The molecule has 218 valence electrons. The van der Waals surface area contributed by atoms with E-state index in [1.807, 2.05) is 54.6 Å². The summed E-state index contributed by atoms with van der Waals surface area (Å²) in [6, 6.07) is 30.8. The Balaban J connectivity index is 1.37. The van der Waals surface area contributed by atoms with Crippen molar-refractivity contribution in [3.8, 4) is 22.4 Å². The standard InChI is InChI=1S/C35H29N5O3S/c1-44(42,43)23-25-10-7-9-24(17-25)18-32(41)27-19-28(21-36-20-27)34-31-15-8-14-30(26-11-3-2-4-12-26)33(31)35(40-39-34)38-22-29-13-5-6-16-37-29/h2-17,19-21H,18,22-23H2,1H3,(H,38,40). The van der Waals surface area contributed by atoms with Crippen LogP contribution >= 0.6 is 0 Å². The quantitative estimate of drug-likeness (QED) is 0.182. The highest BCUT2D eigenvalue weighted by molar-refractivity contribution is 7.89. The minimum absolute atomic E-state index is 0.0739. The molecule has 0 spiro atoms. The van der Waals surface area contributed by atoms with Gasteiger partial charge in [0.1, 0.15) is 5.69 Å². The zero-order valence-electron chi connectivity index (χ0n) is 24.0. The molecule has 1 N–H and O–H groups in total. The number of hydrogen-bond donors (Lipinski definition) is 1. The Kier molecular flexibility index (Phi) is 8.21. The molecule has 0 fully saturated rings. The minimum Gasteiger partial charge on any atom is -0.362 e. The maximum Gasteiger partial charge on any atom is 0.168 e. The number of fused-ring (bicyclic) bond motifs is 1. The average molecular weight is 600 g/mol. The third-order valence-electron chi connectivity index (χ3n) is 7.17. The van der Waals surface area contributed by atoms with Crippen molar-refractivity contribution in [2.45, 2.75) is 18.7 Å². The molecule has 3 aromatic carbocycles. The van der Waals surface area contributed by atoms with Crippen LogP contribution in [0.15, 0.2) is 116 Å². The second-order valence-electron chi connectivity index (χ2n) is 10.6. The van der Waals surface area contributed by atoms with Crippen molar-refractivity contribution in [3.05, 3.63) is 138 Å². The molecule has 0 bridgehead atoms. The van der Waals surface area contributed by atoms with Gasteiger partial charge in [0.25, 0.3) is 0 Å². The summed E-state index contributed by atoms with van der Waals surface area (Å²) in [4.78, 5) is 22.2. The Morgan fingerprint density at radius 1 is 0.795 bits per heavy atom. The number of aromatic nitrogens is 4. The number of nitrogens with one attached hydrogen (secondary N) is 1. The molecular formula is C35H29N5O3S. The van der Waals surface area contributed by atoms with Gasteiger partial charge in [-0.15, -0.1) is 10.2 Å². The van der Waals surface area contributed by atoms with Crippen molar-refractivity contribution in [1.82, 2.24) is 20.2 Å². The summed E-state index contributed by atoms with van der Waals surface area (Å²) < 4.78 is 23.5. The molecule has 6 rings (SSSR count). The van der Waals surface area contributed by atoms with Crippen LogP contribution in [0.5, 0.6) is 0 Å². The second kappa shape index (κ2) is 12.5. The topological polar surface area (TPSA) is 115 Å². The molecule has 0 radical (unpaired) electrons. The predicted molar refractivity (Wildman–Crippen MR) is 173 cm³/mol. The van der Waals surface area contributed by atoms with Crippen LogP contribution in [-0.2, 0) is 28.6 Å². The molecule has 0 amide bonds. The number of Topliss-reactive ketones (excluding diaryl/α,β-unsaturated/α-hetero) is 1. The number of rotatable bonds is 10. The second-order valence-corrected chi connectivity index (χ2v) is 12.8. The van der Waals surface area contributed by atoms with E-state index in [0.29, 0.717) is 34.7 Å². The van der Waals surface area contributed by atoms with Gasteiger partial charge in [-0.2, -0.15) is 0 Å². The Bertz CT molecular complexity index is 2070. The van der Waals surface area contributed by atoms with Crippen molar-refractivity contribution in [2.24, 2.45) is 0 Å². The molecule has 44 heavy (non-hydrogen) atoms. The van der Waals surface area contributed by atoms with E-state index < -0.39 is 9.84 Å². The van der Waals surface area contributed by atoms with Crippen molar-refractivity contribution in [2.75, 3.05) is 11.6 Å². The number of nitrogens with zero attached hydrogens (tertiary/aromatic N) is 4. The first-order valence-corrected chi connectivity index (χ1v) is 16.1. The highest BCUT2D eigenvalue weighted by Gasteiger charge is 2.18. The monoisotopic (exact) mass is 599 g/mol. The maximum atomic E-state index is 13.4. The Hall–Kier alpha value is -5.28. The van der Waals surface area contributed by atoms with Gasteiger partial charge in [-0.05, 0) is 40.5 Å². The zero-order valence-corrected chi connectivity index (χ0v) is 24.8. The van der Waals surface area contributed by atoms with E-state index in [1.165, 1.54) is 6.26 Å². The summed E-state index contributed by atoms with van der Waals surface area (Å²) in [6.45, 7) is 0.476. The summed E-state index contributed by atoms with van der Waals surface area (Å²) in [5.41, 5.74) is 6.01. The van der Waals surface area contributed by atoms with Gasteiger partial charge in [0.05, 0.1) is 18.0 Å². The molecule has 3 heterocycles. The van der Waals surface area contributed by atoms with E-state index in [2.05, 4.69) is 43.7 Å². The summed E-state index contributed by atoms with van der Waals surface area (Å²) >= 11 is 0. The molecule has 0 aliphatic rings. The van der Waals surface area contributed by atoms with Crippen molar-refractivity contribution in [3.63, 3.8) is 0 Å². The first kappa shape index (κ1) is 28.8. The molecule has 3 aromatic heterocycles. The third kappa shape index (κ3) is 6.68. The number of benzene rings is 3. The number of carbonyl (C=O) groups is 1. The average Bonchev–Trinajstić information content (AvgIpc) is 3.03. The molecule has 0 saturated carbocycles. The summed E-state index contributed by atoms with van der Waals surface area (Å²) in [5.74, 6) is 0.421. The van der Waals surface area contributed by atoms with Crippen LogP contribution in [0, 0.1) is 0 Å². The lowest BCUT2D eigenvalue weighted by molar-refractivity contribution is 0.0992. The number of carbonyl (C=O) groups excluding carboxylic acids is 1. The van der Waals surface area contributed by atoms with Gasteiger partial charge in [-0.3, -0.25) is 14.8 Å². The number of hydrogen-bond acceptors (Lipinski definition) is 8. The van der Waals surface area contributed by atoms with Crippen LogP contribution in [0.1, 0.15) is 27.2 Å². The fourth-order valence-corrected chi connectivity index (χ4v) is 6.01.